The average molecular weight is 483 g/mol. The molecule has 11 heteroatoms. The Labute approximate surface area is 203 Å². The first-order chi connectivity index (χ1) is 17.4. The third-order valence-corrected chi connectivity index (χ3v) is 5.47. The molecule has 0 aliphatic heterocycles. The molecule has 0 radical (unpaired) electrons. The number of halogens is 1. The maximum Gasteiger partial charge on any atom is 0.270 e. The van der Waals surface area contributed by atoms with Crippen LogP contribution in [0.4, 0.5) is 15.9 Å². The van der Waals surface area contributed by atoms with E-state index in [1.165, 1.54) is 41.2 Å². The van der Waals surface area contributed by atoms with E-state index in [1.807, 2.05) is 6.07 Å². The van der Waals surface area contributed by atoms with Gasteiger partial charge < -0.3 is 11.1 Å². The molecule has 10 nitrogen and oxygen atoms in total. The van der Waals surface area contributed by atoms with Crippen LogP contribution in [0.3, 0.4) is 0 Å². The van der Waals surface area contributed by atoms with E-state index in [1.54, 1.807) is 36.4 Å². The van der Waals surface area contributed by atoms with Gasteiger partial charge in [0.1, 0.15) is 22.7 Å². The first kappa shape index (κ1) is 22.6. The summed E-state index contributed by atoms with van der Waals surface area (Å²) in [7, 11) is 0. The number of rotatable bonds is 6. The zero-order chi connectivity index (χ0) is 25.2. The Hall–Kier alpha value is -5.19. The van der Waals surface area contributed by atoms with E-state index < -0.39 is 10.8 Å². The molecule has 0 atom stereocenters. The lowest BCUT2D eigenvalue weighted by Crippen LogP contribution is -2.23. The number of anilines is 1. The molecule has 5 aromatic rings. The highest BCUT2D eigenvalue weighted by Gasteiger charge is 2.24. The lowest BCUT2D eigenvalue weighted by Gasteiger charge is -2.06. The SMILES string of the molecule is Nc1c(C(=O)NCc2ccc(F)cc2)c2nc3ccccc3nc2n1/N=C\c1cccc([N+](=O)[O-])c1. The number of nitrogens with zero attached hydrogens (tertiary/aromatic N) is 5. The number of carbonyl (C=O) groups is 1. The predicted molar refractivity (Wildman–Crippen MR) is 133 cm³/mol. The van der Waals surface area contributed by atoms with Gasteiger partial charge in [0.15, 0.2) is 5.65 Å². The number of nitrogen functional groups attached to an aromatic ring is 1. The maximum absolute atomic E-state index is 13.2. The molecule has 2 aromatic heterocycles. The van der Waals surface area contributed by atoms with E-state index in [0.717, 1.165) is 0 Å². The van der Waals surface area contributed by atoms with Crippen molar-refractivity contribution >= 4 is 45.8 Å². The second-order valence-corrected chi connectivity index (χ2v) is 7.86. The highest BCUT2D eigenvalue weighted by molar-refractivity contribution is 6.10. The number of benzene rings is 3. The van der Waals surface area contributed by atoms with Crippen molar-refractivity contribution in [2.45, 2.75) is 6.54 Å². The molecule has 3 aromatic carbocycles. The number of aromatic nitrogens is 3. The largest absolute Gasteiger partial charge is 0.383 e. The molecule has 0 saturated heterocycles. The van der Waals surface area contributed by atoms with Crippen molar-refractivity contribution in [1.82, 2.24) is 20.0 Å². The van der Waals surface area contributed by atoms with Gasteiger partial charge in [0.05, 0.1) is 22.2 Å². The quantitative estimate of drug-likeness (QED) is 0.212. The minimum Gasteiger partial charge on any atom is -0.383 e. The zero-order valence-electron chi connectivity index (χ0n) is 18.6. The minimum atomic E-state index is -0.504. The molecular weight excluding hydrogens is 465 g/mol. The Bertz CT molecular complexity index is 1660. The molecule has 178 valence electrons. The fourth-order valence-corrected chi connectivity index (χ4v) is 3.70. The van der Waals surface area contributed by atoms with E-state index in [-0.39, 0.29) is 40.6 Å². The van der Waals surface area contributed by atoms with Crippen LogP contribution in [0, 0.1) is 15.9 Å². The van der Waals surface area contributed by atoms with Gasteiger partial charge in [0.25, 0.3) is 11.6 Å². The maximum atomic E-state index is 13.2. The van der Waals surface area contributed by atoms with E-state index in [2.05, 4.69) is 20.4 Å². The zero-order valence-corrected chi connectivity index (χ0v) is 18.6. The van der Waals surface area contributed by atoms with Gasteiger partial charge in [-0.15, -0.1) is 0 Å². The number of fused-ring (bicyclic) bond motifs is 2. The molecule has 2 heterocycles. The molecular formula is C25H18FN7O3. The Morgan fingerprint density at radius 1 is 1.08 bits per heavy atom. The molecule has 0 unspecified atom stereocenters. The van der Waals surface area contributed by atoms with E-state index in [0.29, 0.717) is 22.2 Å². The minimum absolute atomic E-state index is 0.00130. The van der Waals surface area contributed by atoms with Gasteiger partial charge in [0, 0.05) is 24.2 Å². The molecule has 3 N–H and O–H groups in total. The molecule has 0 aliphatic carbocycles. The van der Waals surface area contributed by atoms with Crippen LogP contribution in [0.2, 0.25) is 0 Å². The number of nitrogens with two attached hydrogens (primary N) is 1. The third kappa shape index (κ3) is 4.32. The molecule has 0 fully saturated rings. The number of hydrogen-bond acceptors (Lipinski definition) is 7. The van der Waals surface area contributed by atoms with Crippen LogP contribution in [0.15, 0.2) is 77.9 Å². The molecule has 5 rings (SSSR count). The van der Waals surface area contributed by atoms with E-state index in [4.69, 9.17) is 5.73 Å². The summed E-state index contributed by atoms with van der Waals surface area (Å²) in [5, 5.41) is 18.2. The van der Waals surface area contributed by atoms with Crippen LogP contribution in [0.25, 0.3) is 22.2 Å². The molecule has 0 saturated carbocycles. The van der Waals surface area contributed by atoms with Crippen LogP contribution >= 0.6 is 0 Å². The number of nitro groups is 1. The van der Waals surface area contributed by atoms with Gasteiger partial charge >= 0.3 is 0 Å². The summed E-state index contributed by atoms with van der Waals surface area (Å²) in [5.41, 5.74) is 9.16. The number of amides is 1. The van der Waals surface area contributed by atoms with Crippen molar-refractivity contribution < 1.29 is 14.1 Å². The molecule has 1 amide bonds. The van der Waals surface area contributed by atoms with Crippen molar-refractivity contribution in [2.24, 2.45) is 5.10 Å². The summed E-state index contributed by atoms with van der Waals surface area (Å²) in [6.07, 6.45) is 1.39. The topological polar surface area (TPSA) is 141 Å². The number of hydrogen-bond donors (Lipinski definition) is 2. The first-order valence-corrected chi connectivity index (χ1v) is 10.8. The van der Waals surface area contributed by atoms with E-state index >= 15 is 0 Å². The van der Waals surface area contributed by atoms with Gasteiger partial charge in [-0.3, -0.25) is 14.9 Å². The number of nitro benzene ring substituents is 1. The normalized spacial score (nSPS) is 11.4. The summed E-state index contributed by atoms with van der Waals surface area (Å²) in [6, 6.07) is 18.8. The Morgan fingerprint density at radius 3 is 2.53 bits per heavy atom. The summed E-state index contributed by atoms with van der Waals surface area (Å²) < 4.78 is 14.5. The van der Waals surface area contributed by atoms with Crippen LogP contribution in [0.5, 0.6) is 0 Å². The third-order valence-electron chi connectivity index (χ3n) is 5.47. The van der Waals surface area contributed by atoms with Crippen LogP contribution < -0.4 is 11.1 Å². The van der Waals surface area contributed by atoms with Crippen molar-refractivity contribution in [3.8, 4) is 0 Å². The predicted octanol–water partition coefficient (Wildman–Crippen LogP) is 4.03. The van der Waals surface area contributed by atoms with E-state index in [9.17, 15) is 19.3 Å². The summed E-state index contributed by atoms with van der Waals surface area (Å²) in [4.78, 5) is 33.0. The first-order valence-electron chi connectivity index (χ1n) is 10.8. The molecule has 36 heavy (non-hydrogen) atoms. The molecule has 0 aliphatic rings. The van der Waals surface area contributed by atoms with Gasteiger partial charge in [-0.2, -0.15) is 9.78 Å². The lowest BCUT2D eigenvalue weighted by molar-refractivity contribution is -0.384. The second-order valence-electron chi connectivity index (χ2n) is 7.86. The van der Waals surface area contributed by atoms with Crippen LogP contribution in [0.1, 0.15) is 21.5 Å². The van der Waals surface area contributed by atoms with Crippen molar-refractivity contribution in [3.05, 3.63) is 105 Å². The fraction of sp³-hybridized carbons (Fsp3) is 0.0400. The Balaban J connectivity index is 1.58. The number of para-hydroxylation sites is 2. The average Bonchev–Trinajstić information content (AvgIpc) is 3.15. The highest BCUT2D eigenvalue weighted by atomic mass is 19.1. The van der Waals surface area contributed by atoms with Crippen LogP contribution in [-0.2, 0) is 6.54 Å². The lowest BCUT2D eigenvalue weighted by atomic mass is 10.2. The van der Waals surface area contributed by atoms with Crippen molar-refractivity contribution in [2.75, 3.05) is 5.73 Å². The van der Waals surface area contributed by atoms with Gasteiger partial charge in [0.2, 0.25) is 0 Å². The summed E-state index contributed by atoms with van der Waals surface area (Å²) in [6.45, 7) is 0.142. The smallest absolute Gasteiger partial charge is 0.270 e. The van der Waals surface area contributed by atoms with Crippen molar-refractivity contribution in [1.29, 1.82) is 0 Å². The Morgan fingerprint density at radius 2 is 1.81 bits per heavy atom. The molecule has 0 spiro atoms. The van der Waals surface area contributed by atoms with Gasteiger partial charge in [-0.1, -0.05) is 36.4 Å². The van der Waals surface area contributed by atoms with Gasteiger partial charge in [-0.05, 0) is 29.8 Å². The number of nitrogens with one attached hydrogen (secondary N) is 1. The molecule has 0 bridgehead atoms. The van der Waals surface area contributed by atoms with Gasteiger partial charge in [-0.25, -0.2) is 14.4 Å². The summed E-state index contributed by atoms with van der Waals surface area (Å²) in [5.74, 6) is -0.879. The number of carbonyl (C=O) groups excluding carboxylic acids is 1. The highest BCUT2D eigenvalue weighted by Crippen LogP contribution is 2.28. The number of non-ortho nitro benzene ring substituents is 1. The van der Waals surface area contributed by atoms with Crippen molar-refractivity contribution in [3.63, 3.8) is 0 Å². The fourth-order valence-electron chi connectivity index (χ4n) is 3.70. The monoisotopic (exact) mass is 483 g/mol. The summed E-state index contributed by atoms with van der Waals surface area (Å²) >= 11 is 0. The standard InChI is InChI=1S/C25H18FN7O3/c26-17-10-8-15(9-11-17)13-28-25(34)21-22-24(31-20-7-2-1-6-19(20)30-22)32(23(21)27)29-14-16-4-3-5-18(12-16)33(35)36/h1-12,14H,13,27H2,(H,28,34)/b29-14-. The second kappa shape index (κ2) is 9.22. The van der Waals surface area contributed by atoms with Crippen LogP contribution in [-0.4, -0.2) is 31.7 Å². The Kier molecular flexibility index (Phi) is 5.79.